The fourth-order valence-corrected chi connectivity index (χ4v) is 2.91. The smallest absolute Gasteiger partial charge is 0.339 e. The van der Waals surface area contributed by atoms with Crippen LogP contribution in [0.15, 0.2) is 57.7 Å². The van der Waals surface area contributed by atoms with E-state index < -0.39 is 11.6 Å². The van der Waals surface area contributed by atoms with Crippen LogP contribution in [0.2, 0.25) is 0 Å². The monoisotopic (exact) mass is 420 g/mol. The lowest BCUT2D eigenvalue weighted by Gasteiger charge is -2.08. The molecule has 116 valence electrons. The number of benzene rings is 2. The molecule has 0 aliphatic rings. The molecule has 1 aromatic heterocycles. The second-order valence-corrected chi connectivity index (χ2v) is 6.31. The zero-order chi connectivity index (χ0) is 16.4. The third-order valence-corrected chi connectivity index (χ3v) is 4.38. The van der Waals surface area contributed by atoms with Crippen LogP contribution >= 0.6 is 22.6 Å². The van der Waals surface area contributed by atoms with Gasteiger partial charge in [0.25, 0.3) is 0 Å². The minimum absolute atomic E-state index is 0.0228. The predicted octanol–water partition coefficient (Wildman–Crippen LogP) is 4.06. The van der Waals surface area contributed by atoms with Gasteiger partial charge < -0.3 is 9.15 Å². The predicted molar refractivity (Wildman–Crippen MR) is 95.5 cm³/mol. The van der Waals surface area contributed by atoms with E-state index in [0.717, 1.165) is 14.5 Å². The normalized spacial score (nSPS) is 10.7. The van der Waals surface area contributed by atoms with Crippen molar-refractivity contribution in [2.75, 3.05) is 0 Å². The Kier molecular flexibility index (Phi) is 4.47. The maximum Gasteiger partial charge on any atom is 0.339 e. The Labute approximate surface area is 146 Å². The number of fused-ring (bicyclic) bond motifs is 1. The molecular weight excluding hydrogens is 407 g/mol. The summed E-state index contributed by atoms with van der Waals surface area (Å²) in [4.78, 5) is 23.9. The van der Waals surface area contributed by atoms with Crippen molar-refractivity contribution in [2.45, 2.75) is 13.5 Å². The standard InChI is InChI=1S/C18H13IO4/c1-11-6-7-13-12(9-17(20)23-16(13)8-11)10-22-18(21)14-4-2-3-5-15(14)19/h2-9H,10H2,1H3. The summed E-state index contributed by atoms with van der Waals surface area (Å²) < 4.78 is 11.4. The van der Waals surface area contributed by atoms with Crippen LogP contribution in [0.25, 0.3) is 11.0 Å². The minimum atomic E-state index is -0.455. The van der Waals surface area contributed by atoms with E-state index in [1.54, 1.807) is 18.2 Å². The van der Waals surface area contributed by atoms with Crippen LogP contribution in [0.1, 0.15) is 21.5 Å². The van der Waals surface area contributed by atoms with E-state index in [9.17, 15) is 9.59 Å². The Morgan fingerprint density at radius 1 is 1.17 bits per heavy atom. The number of esters is 1. The van der Waals surface area contributed by atoms with E-state index in [1.807, 2.05) is 31.2 Å². The van der Waals surface area contributed by atoms with Crippen LogP contribution in [0.5, 0.6) is 0 Å². The van der Waals surface area contributed by atoms with Crippen molar-refractivity contribution in [1.29, 1.82) is 0 Å². The number of halogens is 1. The molecule has 0 saturated carbocycles. The van der Waals surface area contributed by atoms with Gasteiger partial charge in [0.2, 0.25) is 0 Å². The Bertz CT molecular complexity index is 943. The average Bonchev–Trinajstić information content (AvgIpc) is 2.52. The average molecular weight is 420 g/mol. The molecule has 3 rings (SSSR count). The zero-order valence-electron chi connectivity index (χ0n) is 12.3. The molecule has 0 amide bonds. The van der Waals surface area contributed by atoms with Crippen molar-refractivity contribution in [1.82, 2.24) is 0 Å². The molecule has 0 radical (unpaired) electrons. The molecule has 0 spiro atoms. The number of carbonyl (C=O) groups is 1. The second kappa shape index (κ2) is 6.54. The van der Waals surface area contributed by atoms with Crippen LogP contribution in [0.3, 0.4) is 0 Å². The third-order valence-electron chi connectivity index (χ3n) is 3.44. The molecule has 0 aliphatic heterocycles. The number of hydrogen-bond acceptors (Lipinski definition) is 4. The molecule has 0 unspecified atom stereocenters. The lowest BCUT2D eigenvalue weighted by atomic mass is 10.1. The van der Waals surface area contributed by atoms with E-state index in [0.29, 0.717) is 16.7 Å². The zero-order valence-corrected chi connectivity index (χ0v) is 14.5. The van der Waals surface area contributed by atoms with E-state index in [-0.39, 0.29) is 6.61 Å². The maximum atomic E-state index is 12.2. The Morgan fingerprint density at radius 3 is 2.74 bits per heavy atom. The van der Waals surface area contributed by atoms with Gasteiger partial charge in [-0.1, -0.05) is 24.3 Å². The van der Waals surface area contributed by atoms with Crippen molar-refractivity contribution >= 4 is 39.5 Å². The number of hydrogen-bond donors (Lipinski definition) is 0. The Hall–Kier alpha value is -2.15. The highest BCUT2D eigenvalue weighted by Crippen LogP contribution is 2.20. The van der Waals surface area contributed by atoms with Crippen LogP contribution in [-0.2, 0) is 11.3 Å². The topological polar surface area (TPSA) is 56.5 Å². The van der Waals surface area contributed by atoms with E-state index in [4.69, 9.17) is 9.15 Å². The van der Waals surface area contributed by atoms with Crippen molar-refractivity contribution in [3.63, 3.8) is 0 Å². The van der Waals surface area contributed by atoms with Gasteiger partial charge in [-0.15, -0.1) is 0 Å². The first-order chi connectivity index (χ1) is 11.0. The molecule has 3 aromatic rings. The summed E-state index contributed by atoms with van der Waals surface area (Å²) >= 11 is 2.09. The van der Waals surface area contributed by atoms with Crippen molar-refractivity contribution in [3.05, 3.63) is 79.2 Å². The summed E-state index contributed by atoms with van der Waals surface area (Å²) in [7, 11) is 0. The van der Waals surface area contributed by atoms with Gasteiger partial charge in [-0.2, -0.15) is 0 Å². The molecule has 0 atom stereocenters. The van der Waals surface area contributed by atoms with Gasteiger partial charge in [0.15, 0.2) is 0 Å². The molecule has 0 fully saturated rings. The summed E-state index contributed by atoms with van der Waals surface area (Å²) in [5.74, 6) is -0.413. The lowest BCUT2D eigenvalue weighted by molar-refractivity contribution is 0.0472. The van der Waals surface area contributed by atoms with Crippen molar-refractivity contribution < 1.29 is 13.9 Å². The number of aryl methyl sites for hydroxylation is 1. The molecule has 4 nitrogen and oxygen atoms in total. The Balaban J connectivity index is 1.89. The highest BCUT2D eigenvalue weighted by Gasteiger charge is 2.13. The highest BCUT2D eigenvalue weighted by atomic mass is 127. The van der Waals surface area contributed by atoms with Gasteiger partial charge in [-0.3, -0.25) is 0 Å². The minimum Gasteiger partial charge on any atom is -0.457 e. The van der Waals surface area contributed by atoms with Crippen LogP contribution < -0.4 is 5.63 Å². The van der Waals surface area contributed by atoms with Gasteiger partial charge >= 0.3 is 11.6 Å². The van der Waals surface area contributed by atoms with Gasteiger partial charge in [0, 0.05) is 20.6 Å². The van der Waals surface area contributed by atoms with Crippen molar-refractivity contribution in [2.24, 2.45) is 0 Å². The summed E-state index contributed by atoms with van der Waals surface area (Å²) in [6.45, 7) is 1.94. The number of rotatable bonds is 3. The first kappa shape index (κ1) is 15.7. The molecule has 5 heteroatoms. The van der Waals surface area contributed by atoms with Gasteiger partial charge in [-0.25, -0.2) is 9.59 Å². The molecule has 23 heavy (non-hydrogen) atoms. The first-order valence-corrected chi connectivity index (χ1v) is 8.07. The SMILES string of the molecule is Cc1ccc2c(COC(=O)c3ccccc3I)cc(=O)oc2c1. The molecule has 1 heterocycles. The Morgan fingerprint density at radius 2 is 1.96 bits per heavy atom. The summed E-state index contributed by atoms with van der Waals surface area (Å²) in [5.41, 5.74) is 2.18. The first-order valence-electron chi connectivity index (χ1n) is 6.99. The molecule has 0 saturated heterocycles. The quantitative estimate of drug-likeness (QED) is 0.364. The van der Waals surface area contributed by atoms with E-state index in [1.165, 1.54) is 6.07 Å². The van der Waals surface area contributed by atoms with Crippen molar-refractivity contribution in [3.8, 4) is 0 Å². The molecule has 2 aromatic carbocycles. The van der Waals surface area contributed by atoms with Crippen LogP contribution in [0, 0.1) is 10.5 Å². The maximum absolute atomic E-state index is 12.2. The molecule has 0 bridgehead atoms. The van der Waals surface area contributed by atoms with Crippen LogP contribution in [-0.4, -0.2) is 5.97 Å². The van der Waals surface area contributed by atoms with Gasteiger partial charge in [0.1, 0.15) is 12.2 Å². The third kappa shape index (κ3) is 3.44. The fraction of sp³-hybridized carbons (Fsp3) is 0.111. The van der Waals surface area contributed by atoms with Gasteiger partial charge in [-0.05, 0) is 53.3 Å². The van der Waals surface area contributed by atoms with E-state index in [2.05, 4.69) is 22.6 Å². The summed E-state index contributed by atoms with van der Waals surface area (Å²) in [6.07, 6.45) is 0. The summed E-state index contributed by atoms with van der Waals surface area (Å²) in [6, 6.07) is 14.1. The fourth-order valence-electron chi connectivity index (χ4n) is 2.30. The second-order valence-electron chi connectivity index (χ2n) is 5.15. The number of carbonyl (C=O) groups excluding carboxylic acids is 1. The summed E-state index contributed by atoms with van der Waals surface area (Å²) in [5, 5.41) is 0.769. The largest absolute Gasteiger partial charge is 0.457 e. The highest BCUT2D eigenvalue weighted by molar-refractivity contribution is 14.1. The van der Waals surface area contributed by atoms with Gasteiger partial charge in [0.05, 0.1) is 5.56 Å². The molecule has 0 aliphatic carbocycles. The lowest BCUT2D eigenvalue weighted by Crippen LogP contribution is -2.09. The number of ether oxygens (including phenoxy) is 1. The van der Waals surface area contributed by atoms with Crippen LogP contribution in [0.4, 0.5) is 0 Å². The molecular formula is C18H13IO4. The van der Waals surface area contributed by atoms with E-state index >= 15 is 0 Å². The molecule has 0 N–H and O–H groups in total.